The van der Waals surface area contributed by atoms with Crippen LogP contribution in [0.25, 0.3) is 11.0 Å². The van der Waals surface area contributed by atoms with Gasteiger partial charge in [-0.05, 0) is 12.1 Å². The van der Waals surface area contributed by atoms with Crippen molar-refractivity contribution in [3.63, 3.8) is 0 Å². The van der Waals surface area contributed by atoms with Crippen molar-refractivity contribution in [1.82, 2.24) is 9.55 Å². The Morgan fingerprint density at radius 3 is 2.57 bits per heavy atom. The number of ether oxygens (including phenoxy) is 1. The minimum absolute atomic E-state index is 0.0910. The largest absolute Gasteiger partial charge is 0.445 e. The fraction of sp³-hybridized carbons (Fsp3) is 0.529. The monoisotopic (exact) mass is 316 g/mol. The molecule has 1 aromatic carbocycles. The van der Waals surface area contributed by atoms with Crippen LogP contribution in [0.15, 0.2) is 29.1 Å². The smallest absolute Gasteiger partial charge is 0.423 e. The third-order valence-electron chi connectivity index (χ3n) is 5.82. The number of aromatic nitrogens is 2. The van der Waals surface area contributed by atoms with Crippen molar-refractivity contribution in [3.8, 4) is 0 Å². The zero-order valence-corrected chi connectivity index (χ0v) is 13.5. The Labute approximate surface area is 134 Å². The predicted molar refractivity (Wildman–Crippen MR) is 86.4 cm³/mol. The quantitative estimate of drug-likeness (QED) is 0.819. The van der Waals surface area contributed by atoms with Gasteiger partial charge in [0.1, 0.15) is 6.10 Å². The predicted octanol–water partition coefficient (Wildman–Crippen LogP) is 2.08. The molecule has 0 spiro atoms. The molecule has 4 rings (SSSR count). The van der Waals surface area contributed by atoms with E-state index < -0.39 is 11.8 Å². The number of fused-ring (bicyclic) bond motifs is 3. The van der Waals surface area contributed by atoms with Gasteiger partial charge in [0.25, 0.3) is 0 Å². The number of hydrogen-bond donors (Lipinski definition) is 1. The van der Waals surface area contributed by atoms with E-state index in [9.17, 15) is 9.59 Å². The Hall–Kier alpha value is -2.08. The molecule has 6 nitrogen and oxygen atoms in total. The highest BCUT2D eigenvalue weighted by Crippen LogP contribution is 2.40. The summed E-state index contributed by atoms with van der Waals surface area (Å²) < 4.78 is 7.82. The third kappa shape index (κ3) is 2.20. The molecule has 2 aliphatic rings. The summed E-state index contributed by atoms with van der Waals surface area (Å²) in [6, 6.07) is 8.26. The third-order valence-corrected chi connectivity index (χ3v) is 5.82. The summed E-state index contributed by atoms with van der Waals surface area (Å²) in [4.78, 5) is 27.3. The number of quaternary nitrogens is 1. The molecule has 122 valence electrons. The van der Waals surface area contributed by atoms with Crippen molar-refractivity contribution >= 4 is 17.1 Å². The number of nitrogens with zero attached hydrogens (tertiary/aromatic N) is 2. The fourth-order valence-corrected chi connectivity index (χ4v) is 4.36. The molecule has 6 heteroatoms. The van der Waals surface area contributed by atoms with E-state index in [0.717, 1.165) is 21.9 Å². The average molecular weight is 316 g/mol. The zero-order valence-electron chi connectivity index (χ0n) is 13.5. The van der Waals surface area contributed by atoms with Crippen molar-refractivity contribution < 1.29 is 14.0 Å². The molecule has 0 saturated carbocycles. The molecule has 0 radical (unpaired) electrons. The molecule has 23 heavy (non-hydrogen) atoms. The maximum absolute atomic E-state index is 12.5. The summed E-state index contributed by atoms with van der Waals surface area (Å²) in [6.07, 6.45) is 3.49. The molecule has 2 unspecified atom stereocenters. The number of carbonyl (C=O) groups is 1. The minimum Gasteiger partial charge on any atom is -0.445 e. The first kappa shape index (κ1) is 14.5. The van der Waals surface area contributed by atoms with Gasteiger partial charge in [-0.2, -0.15) is 4.57 Å². The molecular formula is C17H22N3O3+. The first-order chi connectivity index (χ1) is 11.0. The number of aromatic amines is 1. The number of H-pyrrole nitrogens is 1. The number of hydrogen-bond acceptors (Lipinski definition) is 3. The van der Waals surface area contributed by atoms with Gasteiger partial charge in [-0.15, -0.1) is 0 Å². The maximum Gasteiger partial charge on any atom is 0.423 e. The summed E-state index contributed by atoms with van der Waals surface area (Å²) in [5.74, 6) is 0. The van der Waals surface area contributed by atoms with E-state index in [1.54, 1.807) is 18.2 Å². The van der Waals surface area contributed by atoms with Gasteiger partial charge >= 0.3 is 11.8 Å². The van der Waals surface area contributed by atoms with E-state index in [1.807, 2.05) is 6.07 Å². The molecule has 2 bridgehead atoms. The Balaban J connectivity index is 1.57. The molecular weight excluding hydrogens is 294 g/mol. The second kappa shape index (κ2) is 4.96. The lowest BCUT2D eigenvalue weighted by atomic mass is 9.98. The van der Waals surface area contributed by atoms with Gasteiger partial charge in [-0.1, -0.05) is 12.1 Å². The topological polar surface area (TPSA) is 64.1 Å². The normalized spacial score (nSPS) is 28.9. The molecule has 2 aromatic rings. The summed E-state index contributed by atoms with van der Waals surface area (Å²) in [6.45, 7) is 0. The van der Waals surface area contributed by atoms with E-state index in [0.29, 0.717) is 23.1 Å². The number of imidazole rings is 1. The molecule has 2 fully saturated rings. The molecule has 1 aromatic heterocycles. The second-order valence-corrected chi connectivity index (χ2v) is 7.27. The Morgan fingerprint density at radius 1 is 1.22 bits per heavy atom. The molecule has 0 aliphatic carbocycles. The number of rotatable bonds is 1. The molecule has 0 amide bonds. The SMILES string of the molecule is C[N+]1(C)C2CCC1CC(OC(=O)n1c(=O)[nH]c3ccccc31)C2. The van der Waals surface area contributed by atoms with Gasteiger partial charge in [-0.25, -0.2) is 9.59 Å². The Kier molecular flexibility index (Phi) is 3.13. The summed E-state index contributed by atoms with van der Waals surface area (Å²) in [5.41, 5.74) is 0.777. The van der Waals surface area contributed by atoms with Crippen LogP contribution in [-0.2, 0) is 4.74 Å². The Bertz CT molecular complexity index is 804. The van der Waals surface area contributed by atoms with Gasteiger partial charge < -0.3 is 14.2 Å². The lowest BCUT2D eigenvalue weighted by Crippen LogP contribution is -2.56. The number of para-hydroxylation sites is 2. The van der Waals surface area contributed by atoms with Gasteiger partial charge in [0.05, 0.1) is 37.2 Å². The molecule has 2 atom stereocenters. The lowest BCUT2D eigenvalue weighted by Gasteiger charge is -2.43. The molecule has 1 N–H and O–H groups in total. The Morgan fingerprint density at radius 2 is 1.87 bits per heavy atom. The number of piperidine rings is 1. The summed E-state index contributed by atoms with van der Waals surface area (Å²) >= 11 is 0. The summed E-state index contributed by atoms with van der Waals surface area (Å²) in [7, 11) is 4.54. The average Bonchev–Trinajstić information content (AvgIpc) is 2.85. The van der Waals surface area contributed by atoms with Crippen LogP contribution in [-0.4, -0.2) is 52.4 Å². The van der Waals surface area contributed by atoms with Crippen LogP contribution >= 0.6 is 0 Å². The summed E-state index contributed by atoms with van der Waals surface area (Å²) in [5, 5.41) is 0. The standard InChI is InChI=1S/C17H21N3O3/c1-20(2)11-7-8-12(20)10-13(9-11)23-17(22)19-15-6-4-3-5-14(15)18-16(19)21/h3-6,11-13H,7-10H2,1-2H3/p+1. The number of nitrogens with one attached hydrogen (secondary N) is 1. The van der Waals surface area contributed by atoms with E-state index in [1.165, 1.54) is 12.8 Å². The van der Waals surface area contributed by atoms with Gasteiger partial charge in [-0.3, -0.25) is 0 Å². The molecule has 2 aliphatic heterocycles. The maximum atomic E-state index is 12.5. The fourth-order valence-electron chi connectivity index (χ4n) is 4.36. The van der Waals surface area contributed by atoms with Crippen LogP contribution in [0.4, 0.5) is 4.79 Å². The van der Waals surface area contributed by atoms with Crippen molar-refractivity contribution in [3.05, 3.63) is 34.7 Å². The number of benzene rings is 1. The highest BCUT2D eigenvalue weighted by atomic mass is 16.6. The van der Waals surface area contributed by atoms with Crippen molar-refractivity contribution in [2.24, 2.45) is 0 Å². The highest BCUT2D eigenvalue weighted by Gasteiger charge is 2.50. The minimum atomic E-state index is -0.566. The molecule has 3 heterocycles. The first-order valence-corrected chi connectivity index (χ1v) is 8.21. The van der Waals surface area contributed by atoms with E-state index in [4.69, 9.17) is 4.74 Å². The lowest BCUT2D eigenvalue weighted by molar-refractivity contribution is -0.931. The van der Waals surface area contributed by atoms with Gasteiger partial charge in [0, 0.05) is 25.7 Å². The molecule has 2 saturated heterocycles. The van der Waals surface area contributed by atoms with E-state index >= 15 is 0 Å². The zero-order chi connectivity index (χ0) is 16.2. The van der Waals surface area contributed by atoms with E-state index in [-0.39, 0.29) is 6.10 Å². The second-order valence-electron chi connectivity index (χ2n) is 7.27. The van der Waals surface area contributed by atoms with E-state index in [2.05, 4.69) is 19.1 Å². The van der Waals surface area contributed by atoms with Crippen LogP contribution in [0.2, 0.25) is 0 Å². The van der Waals surface area contributed by atoms with Crippen LogP contribution in [0.1, 0.15) is 25.7 Å². The highest BCUT2D eigenvalue weighted by molar-refractivity contribution is 5.86. The van der Waals surface area contributed by atoms with Crippen molar-refractivity contribution in [2.75, 3.05) is 14.1 Å². The number of carbonyl (C=O) groups excluding carboxylic acids is 1. The van der Waals surface area contributed by atoms with Crippen LogP contribution in [0.3, 0.4) is 0 Å². The van der Waals surface area contributed by atoms with Gasteiger partial charge in [0.15, 0.2) is 0 Å². The van der Waals surface area contributed by atoms with Crippen molar-refractivity contribution in [1.29, 1.82) is 0 Å². The van der Waals surface area contributed by atoms with Crippen molar-refractivity contribution in [2.45, 2.75) is 43.9 Å². The first-order valence-electron chi connectivity index (χ1n) is 8.21. The van der Waals surface area contributed by atoms with Crippen LogP contribution in [0, 0.1) is 0 Å². The van der Waals surface area contributed by atoms with Crippen LogP contribution < -0.4 is 5.69 Å². The van der Waals surface area contributed by atoms with Crippen LogP contribution in [0.5, 0.6) is 0 Å². The van der Waals surface area contributed by atoms with Gasteiger partial charge in [0.2, 0.25) is 0 Å².